The van der Waals surface area contributed by atoms with E-state index in [1.807, 2.05) is 6.92 Å². The van der Waals surface area contributed by atoms with E-state index in [0.717, 1.165) is 18.2 Å². The molecule has 0 aliphatic carbocycles. The van der Waals surface area contributed by atoms with Crippen molar-refractivity contribution in [1.82, 2.24) is 0 Å². The monoisotopic (exact) mass is 247 g/mol. The van der Waals surface area contributed by atoms with Gasteiger partial charge in [-0.25, -0.2) is 13.2 Å². The number of rotatable bonds is 2. The third-order valence-electron chi connectivity index (χ3n) is 2.75. The molecule has 1 aromatic rings. The zero-order chi connectivity index (χ0) is 11.7. The van der Waals surface area contributed by atoms with Crippen molar-refractivity contribution in [3.8, 4) is 0 Å². The second-order valence-corrected chi connectivity index (χ2v) is 5.32. The molecule has 2 atom stereocenters. The number of hydrogen-bond donors (Lipinski definition) is 1. The highest BCUT2D eigenvalue weighted by atomic mass is 32.2. The molecule has 16 heavy (non-hydrogen) atoms. The lowest BCUT2D eigenvalue weighted by atomic mass is 10.1. The lowest BCUT2D eigenvalue weighted by Gasteiger charge is -2.18. The van der Waals surface area contributed by atoms with Gasteiger partial charge in [-0.3, -0.25) is 0 Å². The van der Waals surface area contributed by atoms with E-state index < -0.39 is 17.5 Å². The van der Waals surface area contributed by atoms with Crippen LogP contribution in [-0.2, 0) is 0 Å². The Bertz CT molecular complexity index is 397. The fourth-order valence-electron chi connectivity index (χ4n) is 1.76. The zero-order valence-corrected chi connectivity index (χ0v) is 9.58. The van der Waals surface area contributed by atoms with Gasteiger partial charge in [-0.2, -0.15) is 11.8 Å². The van der Waals surface area contributed by atoms with Crippen molar-refractivity contribution in [2.45, 2.75) is 24.6 Å². The average molecular weight is 247 g/mol. The van der Waals surface area contributed by atoms with Crippen LogP contribution < -0.4 is 5.32 Å². The van der Waals surface area contributed by atoms with Gasteiger partial charge in [-0.05, 0) is 24.3 Å². The number of benzene rings is 1. The summed E-state index contributed by atoms with van der Waals surface area (Å²) in [5, 5.41) is 3.28. The van der Waals surface area contributed by atoms with E-state index in [1.165, 1.54) is 6.07 Å². The molecule has 1 N–H and O–H groups in total. The second kappa shape index (κ2) is 4.57. The van der Waals surface area contributed by atoms with E-state index >= 15 is 0 Å². The number of nitrogens with one attached hydrogen (secondary N) is 1. The molecule has 1 saturated heterocycles. The summed E-state index contributed by atoms with van der Waals surface area (Å²) < 4.78 is 39.0. The van der Waals surface area contributed by atoms with E-state index in [9.17, 15) is 13.2 Å². The van der Waals surface area contributed by atoms with Crippen LogP contribution in [0.25, 0.3) is 0 Å². The van der Waals surface area contributed by atoms with Crippen molar-refractivity contribution in [2.75, 3.05) is 11.1 Å². The van der Waals surface area contributed by atoms with E-state index in [-0.39, 0.29) is 11.7 Å². The molecule has 1 fully saturated rings. The molecule has 0 saturated carbocycles. The molecule has 0 spiro atoms. The fraction of sp³-hybridized carbons (Fsp3) is 0.455. The van der Waals surface area contributed by atoms with Gasteiger partial charge in [0.1, 0.15) is 0 Å². The predicted octanol–water partition coefficient (Wildman–Crippen LogP) is 3.41. The van der Waals surface area contributed by atoms with E-state index in [1.54, 1.807) is 11.8 Å². The molecule has 2 rings (SSSR count). The Balaban J connectivity index is 2.18. The number of halogens is 3. The van der Waals surface area contributed by atoms with Crippen molar-refractivity contribution < 1.29 is 13.2 Å². The van der Waals surface area contributed by atoms with E-state index in [2.05, 4.69) is 5.32 Å². The largest absolute Gasteiger partial charge is 0.379 e. The first-order valence-corrected chi connectivity index (χ1v) is 6.16. The summed E-state index contributed by atoms with van der Waals surface area (Å²) in [6.07, 6.45) is 0.907. The van der Waals surface area contributed by atoms with Crippen LogP contribution in [0.3, 0.4) is 0 Å². The standard InChI is InChI=1S/C11H12F3NS/c1-6-8(4-5-16-6)15-9-3-2-7(12)10(13)11(9)14/h2-3,6,8,15H,4-5H2,1H3. The van der Waals surface area contributed by atoms with Gasteiger partial charge in [-0.15, -0.1) is 0 Å². The van der Waals surface area contributed by atoms with Crippen LogP contribution in [0, 0.1) is 17.5 Å². The summed E-state index contributed by atoms with van der Waals surface area (Å²) >= 11 is 1.79. The van der Waals surface area contributed by atoms with Crippen LogP contribution in [0.15, 0.2) is 12.1 Å². The van der Waals surface area contributed by atoms with Crippen LogP contribution >= 0.6 is 11.8 Å². The Morgan fingerprint density at radius 2 is 2.00 bits per heavy atom. The summed E-state index contributed by atoms with van der Waals surface area (Å²) in [6.45, 7) is 2.03. The predicted molar refractivity (Wildman–Crippen MR) is 60.3 cm³/mol. The van der Waals surface area contributed by atoms with Gasteiger partial charge in [0.25, 0.3) is 0 Å². The van der Waals surface area contributed by atoms with Crippen LogP contribution in [0.4, 0.5) is 18.9 Å². The molecule has 2 unspecified atom stereocenters. The van der Waals surface area contributed by atoms with Gasteiger partial charge in [0, 0.05) is 11.3 Å². The molecule has 1 nitrogen and oxygen atoms in total. The van der Waals surface area contributed by atoms with Crippen molar-refractivity contribution in [1.29, 1.82) is 0 Å². The fourth-order valence-corrected chi connectivity index (χ4v) is 2.96. The number of thioether (sulfide) groups is 1. The molecule has 1 aliphatic heterocycles. The topological polar surface area (TPSA) is 12.0 Å². The van der Waals surface area contributed by atoms with Crippen LogP contribution in [0.1, 0.15) is 13.3 Å². The Kier molecular flexibility index (Phi) is 3.33. The third-order valence-corrected chi connectivity index (χ3v) is 4.08. The second-order valence-electron chi connectivity index (χ2n) is 3.84. The van der Waals surface area contributed by atoms with E-state index in [0.29, 0.717) is 5.25 Å². The number of hydrogen-bond acceptors (Lipinski definition) is 2. The first kappa shape index (κ1) is 11.6. The van der Waals surface area contributed by atoms with Gasteiger partial charge in [0.05, 0.1) is 5.69 Å². The maximum absolute atomic E-state index is 13.4. The molecular formula is C11H12F3NS. The highest BCUT2D eigenvalue weighted by Gasteiger charge is 2.25. The molecule has 1 aliphatic rings. The van der Waals surface area contributed by atoms with Crippen LogP contribution in [0.2, 0.25) is 0 Å². The average Bonchev–Trinajstić information content (AvgIpc) is 2.65. The van der Waals surface area contributed by atoms with Gasteiger partial charge in [-0.1, -0.05) is 6.92 Å². The summed E-state index contributed by atoms with van der Waals surface area (Å²) in [5.41, 5.74) is 0.0400. The normalized spacial score (nSPS) is 24.8. The quantitative estimate of drug-likeness (QED) is 0.804. The summed E-state index contributed by atoms with van der Waals surface area (Å²) in [5.74, 6) is -2.70. The van der Waals surface area contributed by atoms with Crippen LogP contribution in [0.5, 0.6) is 0 Å². The van der Waals surface area contributed by atoms with Crippen molar-refractivity contribution in [3.05, 3.63) is 29.6 Å². The van der Waals surface area contributed by atoms with Gasteiger partial charge in [0.15, 0.2) is 17.5 Å². The Morgan fingerprint density at radius 1 is 1.25 bits per heavy atom. The Hall–Kier alpha value is -0.840. The van der Waals surface area contributed by atoms with Crippen LogP contribution in [-0.4, -0.2) is 17.0 Å². The molecule has 88 valence electrons. The van der Waals surface area contributed by atoms with Gasteiger partial charge in [0.2, 0.25) is 0 Å². The highest BCUT2D eigenvalue weighted by Crippen LogP contribution is 2.30. The minimum Gasteiger partial charge on any atom is -0.379 e. The molecule has 1 aromatic carbocycles. The molecule has 5 heteroatoms. The molecule has 0 radical (unpaired) electrons. The molecular weight excluding hydrogens is 235 g/mol. The lowest BCUT2D eigenvalue weighted by Crippen LogP contribution is -2.25. The van der Waals surface area contributed by atoms with Gasteiger partial charge < -0.3 is 5.32 Å². The number of anilines is 1. The molecule has 0 bridgehead atoms. The Morgan fingerprint density at radius 3 is 2.62 bits per heavy atom. The summed E-state index contributed by atoms with van der Waals surface area (Å²) in [7, 11) is 0. The third kappa shape index (κ3) is 2.14. The lowest BCUT2D eigenvalue weighted by molar-refractivity contribution is 0.448. The summed E-state index contributed by atoms with van der Waals surface area (Å²) in [6, 6.07) is 2.29. The van der Waals surface area contributed by atoms with Crippen molar-refractivity contribution in [3.63, 3.8) is 0 Å². The molecule has 1 heterocycles. The highest BCUT2D eigenvalue weighted by molar-refractivity contribution is 8.00. The van der Waals surface area contributed by atoms with E-state index in [4.69, 9.17) is 0 Å². The zero-order valence-electron chi connectivity index (χ0n) is 8.77. The minimum absolute atomic E-state index is 0.0400. The first-order valence-electron chi connectivity index (χ1n) is 5.11. The Labute approximate surface area is 96.4 Å². The smallest absolute Gasteiger partial charge is 0.196 e. The van der Waals surface area contributed by atoms with Crippen molar-refractivity contribution in [2.24, 2.45) is 0 Å². The SMILES string of the molecule is CC1SCCC1Nc1ccc(F)c(F)c1F. The maximum Gasteiger partial charge on any atom is 0.196 e. The van der Waals surface area contributed by atoms with Crippen molar-refractivity contribution >= 4 is 17.4 Å². The maximum atomic E-state index is 13.4. The minimum atomic E-state index is -1.41. The van der Waals surface area contributed by atoms with Gasteiger partial charge >= 0.3 is 0 Å². The first-order chi connectivity index (χ1) is 7.59. The molecule has 0 aromatic heterocycles. The summed E-state index contributed by atoms with van der Waals surface area (Å²) in [4.78, 5) is 0. The molecule has 0 amide bonds.